The Morgan fingerprint density at radius 1 is 1.19 bits per heavy atom. The first-order valence-electron chi connectivity index (χ1n) is 8.96. The molecule has 6 nitrogen and oxygen atoms in total. The maximum absolute atomic E-state index is 13.0. The first-order chi connectivity index (χ1) is 12.8. The number of hydrogen-bond donors (Lipinski definition) is 2. The summed E-state index contributed by atoms with van der Waals surface area (Å²) in [5.74, 6) is -0.192. The minimum atomic E-state index is -3.80. The molecule has 144 valence electrons. The van der Waals surface area contributed by atoms with Crippen LogP contribution in [0.1, 0.15) is 27.9 Å². The van der Waals surface area contributed by atoms with Gasteiger partial charge < -0.3 is 10.2 Å². The Balaban J connectivity index is 1.92. The molecule has 27 heavy (non-hydrogen) atoms. The number of nitrogens with zero attached hydrogens (tertiary/aromatic N) is 1. The van der Waals surface area contributed by atoms with Crippen molar-refractivity contribution in [3.05, 3.63) is 59.2 Å². The maximum atomic E-state index is 13.0. The van der Waals surface area contributed by atoms with Crippen molar-refractivity contribution in [3.8, 4) is 0 Å². The smallest absolute Gasteiger partial charge is 0.262 e. The maximum Gasteiger partial charge on any atom is 0.262 e. The van der Waals surface area contributed by atoms with Crippen LogP contribution >= 0.6 is 0 Å². The number of aryl methyl sites for hydroxylation is 2. The van der Waals surface area contributed by atoms with Crippen LogP contribution in [0, 0.1) is 13.8 Å². The van der Waals surface area contributed by atoms with Crippen LogP contribution in [0.25, 0.3) is 0 Å². The molecule has 1 atom stereocenters. The second-order valence-electron chi connectivity index (χ2n) is 6.98. The van der Waals surface area contributed by atoms with Gasteiger partial charge in [-0.2, -0.15) is 0 Å². The van der Waals surface area contributed by atoms with Gasteiger partial charge in [-0.1, -0.05) is 24.3 Å². The largest absolute Gasteiger partial charge is 0.337 e. The second-order valence-corrected chi connectivity index (χ2v) is 8.63. The van der Waals surface area contributed by atoms with Gasteiger partial charge in [-0.25, -0.2) is 8.42 Å². The number of anilines is 1. The van der Waals surface area contributed by atoms with E-state index in [0.29, 0.717) is 16.8 Å². The summed E-state index contributed by atoms with van der Waals surface area (Å²) in [6.45, 7) is 5.23. The molecule has 0 saturated carbocycles. The number of sulfonamides is 1. The summed E-state index contributed by atoms with van der Waals surface area (Å²) >= 11 is 0. The Kier molecular flexibility index (Phi) is 5.53. The highest BCUT2D eigenvalue weighted by Crippen LogP contribution is 2.24. The number of amides is 1. The second kappa shape index (κ2) is 7.70. The molecule has 2 aromatic rings. The van der Waals surface area contributed by atoms with Crippen molar-refractivity contribution in [1.29, 1.82) is 0 Å². The van der Waals surface area contributed by atoms with E-state index in [1.54, 1.807) is 55.3 Å². The van der Waals surface area contributed by atoms with Crippen LogP contribution in [0.4, 0.5) is 5.69 Å². The highest BCUT2D eigenvalue weighted by Gasteiger charge is 2.27. The standard InChI is InChI=1S/C20H25N3O3S/c1-14-8-9-15(2)19(12-14)27(25,26)22-18-7-5-4-6-17(18)20(24)23(3)16-10-11-21-13-16/h4-9,12,16,21-22H,10-11,13H2,1-3H3. The van der Waals surface area contributed by atoms with E-state index in [1.165, 1.54) is 0 Å². The number of para-hydroxylation sites is 1. The predicted molar refractivity (Wildman–Crippen MR) is 107 cm³/mol. The minimum Gasteiger partial charge on any atom is -0.337 e. The van der Waals surface area contributed by atoms with Crippen molar-refractivity contribution in [3.63, 3.8) is 0 Å². The van der Waals surface area contributed by atoms with E-state index in [0.717, 1.165) is 25.1 Å². The van der Waals surface area contributed by atoms with Crippen molar-refractivity contribution in [2.24, 2.45) is 0 Å². The van der Waals surface area contributed by atoms with E-state index in [4.69, 9.17) is 0 Å². The average Bonchev–Trinajstić information content (AvgIpc) is 3.17. The Morgan fingerprint density at radius 3 is 2.63 bits per heavy atom. The molecule has 1 aliphatic rings. The average molecular weight is 388 g/mol. The molecule has 1 aliphatic heterocycles. The number of nitrogens with one attached hydrogen (secondary N) is 2. The summed E-state index contributed by atoms with van der Waals surface area (Å²) in [7, 11) is -2.04. The number of benzene rings is 2. The van der Waals surface area contributed by atoms with E-state index >= 15 is 0 Å². The van der Waals surface area contributed by atoms with Gasteiger partial charge in [0.2, 0.25) is 0 Å². The molecule has 0 aromatic heterocycles. The van der Waals surface area contributed by atoms with Gasteiger partial charge in [0.25, 0.3) is 15.9 Å². The Bertz CT molecular complexity index is 951. The predicted octanol–water partition coefficient (Wildman–Crippen LogP) is 2.54. The lowest BCUT2D eigenvalue weighted by Crippen LogP contribution is -2.38. The minimum absolute atomic E-state index is 0.112. The van der Waals surface area contributed by atoms with Crippen molar-refractivity contribution >= 4 is 21.6 Å². The van der Waals surface area contributed by atoms with Crippen molar-refractivity contribution < 1.29 is 13.2 Å². The fourth-order valence-corrected chi connectivity index (χ4v) is 4.69. The zero-order valence-electron chi connectivity index (χ0n) is 15.8. The van der Waals surface area contributed by atoms with Crippen LogP contribution in [0.2, 0.25) is 0 Å². The number of carbonyl (C=O) groups is 1. The summed E-state index contributed by atoms with van der Waals surface area (Å²) in [6, 6.07) is 12.1. The number of carbonyl (C=O) groups excluding carboxylic acids is 1. The van der Waals surface area contributed by atoms with Gasteiger partial charge in [0.05, 0.1) is 16.1 Å². The lowest BCUT2D eigenvalue weighted by atomic mass is 10.1. The van der Waals surface area contributed by atoms with Crippen molar-refractivity contribution in [2.45, 2.75) is 31.2 Å². The third-order valence-corrected chi connectivity index (χ3v) is 6.44. The molecule has 1 saturated heterocycles. The van der Waals surface area contributed by atoms with E-state index in [-0.39, 0.29) is 16.8 Å². The van der Waals surface area contributed by atoms with Crippen LogP contribution < -0.4 is 10.0 Å². The topological polar surface area (TPSA) is 78.5 Å². The molecular formula is C20H25N3O3S. The third kappa shape index (κ3) is 4.14. The van der Waals surface area contributed by atoms with E-state index in [2.05, 4.69) is 10.0 Å². The summed E-state index contributed by atoms with van der Waals surface area (Å²) in [4.78, 5) is 14.9. The molecule has 0 radical (unpaired) electrons. The van der Waals surface area contributed by atoms with Gasteiger partial charge in [0, 0.05) is 19.6 Å². The van der Waals surface area contributed by atoms with Crippen molar-refractivity contribution in [1.82, 2.24) is 10.2 Å². The molecule has 3 rings (SSSR count). The summed E-state index contributed by atoms with van der Waals surface area (Å²) < 4.78 is 28.5. The van der Waals surface area contributed by atoms with Crippen LogP contribution in [0.5, 0.6) is 0 Å². The molecule has 0 spiro atoms. The molecule has 2 aromatic carbocycles. The Labute approximate surface area is 160 Å². The lowest BCUT2D eigenvalue weighted by molar-refractivity contribution is 0.0745. The van der Waals surface area contributed by atoms with Gasteiger partial charge in [0.15, 0.2) is 0 Å². The molecule has 2 N–H and O–H groups in total. The number of hydrogen-bond acceptors (Lipinski definition) is 4. The fraction of sp³-hybridized carbons (Fsp3) is 0.350. The molecule has 1 amide bonds. The zero-order chi connectivity index (χ0) is 19.6. The summed E-state index contributed by atoms with van der Waals surface area (Å²) in [5, 5.41) is 3.24. The zero-order valence-corrected chi connectivity index (χ0v) is 16.6. The van der Waals surface area contributed by atoms with Gasteiger partial charge in [-0.05, 0) is 56.1 Å². The molecule has 0 bridgehead atoms. The first kappa shape index (κ1) is 19.4. The van der Waals surface area contributed by atoms with Gasteiger partial charge in [-0.15, -0.1) is 0 Å². The lowest BCUT2D eigenvalue weighted by Gasteiger charge is -2.25. The summed E-state index contributed by atoms with van der Waals surface area (Å²) in [5.41, 5.74) is 2.16. The van der Waals surface area contributed by atoms with E-state index in [9.17, 15) is 13.2 Å². The molecule has 1 fully saturated rings. The molecular weight excluding hydrogens is 362 g/mol. The third-order valence-electron chi connectivity index (χ3n) is 4.94. The highest BCUT2D eigenvalue weighted by molar-refractivity contribution is 7.92. The Morgan fingerprint density at radius 2 is 1.93 bits per heavy atom. The number of rotatable bonds is 5. The van der Waals surface area contributed by atoms with Gasteiger partial charge in [-0.3, -0.25) is 9.52 Å². The summed E-state index contributed by atoms with van der Waals surface area (Å²) in [6.07, 6.45) is 0.888. The van der Waals surface area contributed by atoms with E-state index < -0.39 is 10.0 Å². The quantitative estimate of drug-likeness (QED) is 0.826. The SMILES string of the molecule is Cc1ccc(C)c(S(=O)(=O)Nc2ccccc2C(=O)N(C)C2CCNC2)c1. The first-order valence-corrected chi connectivity index (χ1v) is 10.4. The number of likely N-dealkylation sites (N-methyl/N-ethyl adjacent to an activating group) is 1. The van der Waals surface area contributed by atoms with Crippen LogP contribution in [0.3, 0.4) is 0 Å². The Hall–Kier alpha value is -2.38. The van der Waals surface area contributed by atoms with Gasteiger partial charge >= 0.3 is 0 Å². The highest BCUT2D eigenvalue weighted by atomic mass is 32.2. The van der Waals surface area contributed by atoms with Gasteiger partial charge in [0.1, 0.15) is 0 Å². The molecule has 7 heteroatoms. The molecule has 1 unspecified atom stereocenters. The van der Waals surface area contributed by atoms with Crippen LogP contribution in [0.15, 0.2) is 47.4 Å². The molecule has 0 aliphatic carbocycles. The van der Waals surface area contributed by atoms with Crippen molar-refractivity contribution in [2.75, 3.05) is 24.9 Å². The molecule has 1 heterocycles. The monoisotopic (exact) mass is 387 g/mol. The van der Waals surface area contributed by atoms with Crippen LogP contribution in [-0.2, 0) is 10.0 Å². The van der Waals surface area contributed by atoms with E-state index in [1.807, 2.05) is 13.0 Å². The fourth-order valence-electron chi connectivity index (χ4n) is 3.28. The van der Waals surface area contributed by atoms with Crippen LogP contribution in [-0.4, -0.2) is 45.4 Å². The normalized spacial score (nSPS) is 16.9.